The minimum absolute atomic E-state index is 0.0796. The summed E-state index contributed by atoms with van der Waals surface area (Å²) >= 11 is 12.2. The Morgan fingerprint density at radius 1 is 0.299 bits per heavy atom. The Labute approximate surface area is 838 Å². The highest BCUT2D eigenvalue weighted by atomic mass is 35.5. The molecule has 0 atom stereocenters. The van der Waals surface area contributed by atoms with E-state index in [4.69, 9.17) is 77.9 Å². The molecule has 0 radical (unpaired) electrons. The lowest BCUT2D eigenvalue weighted by atomic mass is 9.81. The molecule has 38 heteroatoms. The van der Waals surface area contributed by atoms with Crippen LogP contribution in [0.5, 0.6) is 23.0 Å². The smallest absolute Gasteiger partial charge is 0.416 e. The first-order chi connectivity index (χ1) is 69.3. The number of carbonyl (C=O) groups excluding carboxylic acids is 7. The van der Waals surface area contributed by atoms with Crippen LogP contribution >= 0.6 is 23.2 Å². The zero-order valence-electron chi connectivity index (χ0n) is 79.9. The molecule has 0 spiro atoms. The van der Waals surface area contributed by atoms with Crippen molar-refractivity contribution in [1.82, 2.24) is 69.8 Å². The molecule has 0 saturated heterocycles. The van der Waals surface area contributed by atoms with E-state index >= 15 is 0 Å². The number of nitrogens with zero attached hydrogens (tertiary/aromatic N) is 14. The molecule has 0 aliphatic rings. The Balaban J connectivity index is 0.000000205. The van der Waals surface area contributed by atoms with Gasteiger partial charge in [-0.25, -0.2) is 74.2 Å². The van der Waals surface area contributed by atoms with Gasteiger partial charge in [0.05, 0.1) is 72.9 Å². The summed E-state index contributed by atoms with van der Waals surface area (Å²) in [6, 6.07) is 47.0. The second kappa shape index (κ2) is 59.7. The van der Waals surface area contributed by atoms with E-state index in [9.17, 15) is 51.1 Å². The molecule has 0 bridgehead atoms. The van der Waals surface area contributed by atoms with Gasteiger partial charge in [0, 0.05) is 153 Å². The van der Waals surface area contributed by atoms with Gasteiger partial charge in [-0.3, -0.25) is 33.6 Å². The van der Waals surface area contributed by atoms with Gasteiger partial charge in [-0.2, -0.15) is 13.2 Å². The first-order valence-electron chi connectivity index (χ1n) is 44.8. The Hall–Kier alpha value is -15.0. The molecule has 752 valence electrons. The van der Waals surface area contributed by atoms with E-state index in [1.807, 2.05) is 66.7 Å². The van der Waals surface area contributed by atoms with Crippen LogP contribution in [0.3, 0.4) is 0 Å². The number of carbonyl (C=O) groups is 7. The number of benzene rings is 7. The summed E-state index contributed by atoms with van der Waals surface area (Å²) in [5, 5.41) is 62.5. The number of methoxy groups -OCH3 is 4. The summed E-state index contributed by atoms with van der Waals surface area (Å²) in [6.07, 6.45) is 23.0. The van der Waals surface area contributed by atoms with E-state index in [0.717, 1.165) is 64.8 Å². The first-order valence-corrected chi connectivity index (χ1v) is 45.6. The van der Waals surface area contributed by atoms with E-state index in [-0.39, 0.29) is 58.1 Å². The number of para-hydroxylation sites is 1. The van der Waals surface area contributed by atoms with Crippen molar-refractivity contribution in [3.8, 4) is 23.0 Å². The highest BCUT2D eigenvalue weighted by Gasteiger charge is 2.33. The van der Waals surface area contributed by atoms with Crippen molar-refractivity contribution in [1.29, 1.82) is 0 Å². The first kappa shape index (κ1) is 114. The minimum Gasteiger partial charge on any atom is -0.496 e. The Bertz CT molecular complexity index is 6420. The van der Waals surface area contributed by atoms with Gasteiger partial charge in [0.2, 0.25) is 0 Å². The van der Waals surface area contributed by atoms with E-state index < -0.39 is 81.1 Å². The van der Waals surface area contributed by atoms with Crippen molar-refractivity contribution < 1.29 is 106 Å². The third-order valence-corrected chi connectivity index (χ3v) is 22.2. The summed E-state index contributed by atoms with van der Waals surface area (Å²) in [5.74, 6) is 3.86. The van der Waals surface area contributed by atoms with Gasteiger partial charge in [0.25, 0.3) is 0 Å². The molecular formula is C106H108Cl2F4N14O18. The zero-order chi connectivity index (χ0) is 105. The molecule has 0 saturated carbocycles. The normalized spacial score (nSPS) is 10.7. The number of rotatable bonds is 39. The van der Waals surface area contributed by atoms with Gasteiger partial charge in [-0.1, -0.05) is 152 Å². The number of halogens is 6. The largest absolute Gasteiger partial charge is 0.496 e. The molecule has 0 amide bonds. The molecule has 14 aromatic rings. The van der Waals surface area contributed by atoms with Crippen molar-refractivity contribution in [2.45, 2.75) is 116 Å². The van der Waals surface area contributed by atoms with Gasteiger partial charge < -0.3 is 54.7 Å². The average Bonchev–Trinajstić information content (AvgIpc) is 0.830. The van der Waals surface area contributed by atoms with Crippen molar-refractivity contribution in [2.75, 3.05) is 74.7 Å². The van der Waals surface area contributed by atoms with Crippen molar-refractivity contribution in [3.05, 3.63) is 390 Å². The summed E-state index contributed by atoms with van der Waals surface area (Å²) in [4.78, 5) is 136. The number of alkyl halides is 3. The van der Waals surface area contributed by atoms with Gasteiger partial charge in [-0.15, -0.1) is 0 Å². The summed E-state index contributed by atoms with van der Waals surface area (Å²) in [6.45, 7) is 2.51. The molecule has 144 heavy (non-hydrogen) atoms. The SMILES string of the molecule is CC(C)(Cc1ncc(C(=O)CO)cn1)c1ccccc1.COc1cc(F)ccc1CCc1ncc(C(=O)CO)cn1.COc1cccc(OC)c1CCc1ncc(C(=O)CO)cn1.COc1ccccc1CCc1ncc(C(=O)CO)cn1.Cc1cccc(CCc2ncc(C(=O)CO)cn2)c1.O=C(CO)c1cnc(CCc2c(Cl)cccc2Cl)nc1.O=C(CO)c1cnc(CCc2ccccc2C(F)(F)F)nc1. The second-order valence-electron chi connectivity index (χ2n) is 32.0. The topological polar surface area (TPSA) is 478 Å². The van der Waals surface area contributed by atoms with Crippen LogP contribution in [-0.2, 0) is 95.1 Å². The van der Waals surface area contributed by atoms with Crippen molar-refractivity contribution >= 4 is 63.7 Å². The third kappa shape index (κ3) is 37.1. The molecule has 7 heterocycles. The Morgan fingerprint density at radius 3 is 0.944 bits per heavy atom. The van der Waals surface area contributed by atoms with Gasteiger partial charge >= 0.3 is 6.18 Å². The maximum Gasteiger partial charge on any atom is 0.416 e. The van der Waals surface area contributed by atoms with Crippen LogP contribution in [0.4, 0.5) is 17.6 Å². The Morgan fingerprint density at radius 2 is 0.590 bits per heavy atom. The van der Waals surface area contributed by atoms with Crippen molar-refractivity contribution in [2.24, 2.45) is 0 Å². The lowest BCUT2D eigenvalue weighted by Gasteiger charge is -2.24. The predicted octanol–water partition coefficient (Wildman–Crippen LogP) is 13.6. The number of Topliss-reactive ketones (excluding diaryl/α,β-unsaturated/α-hetero) is 7. The maximum atomic E-state index is 13.1. The third-order valence-electron chi connectivity index (χ3n) is 21.5. The highest BCUT2D eigenvalue weighted by molar-refractivity contribution is 6.36. The standard InChI is InChI=1S/C16H18N2O4.C16H18N2O2.C15H13F3N2O2.C15H15FN2O3.C15H16N2O3.C15H16N2O2.C14H12Cl2N2O2/c1-21-14-4-3-5-15(22-2)12(14)6-7-16-17-8-11(9-18-16)13(20)10-19;1-16(2,13-6-4-3-5-7-13)8-15-17-9-12(10-18-15)14(20)11-19;16-15(17,18)12-4-2-1-3-10(12)5-6-14-19-7-11(8-20-14)13(22)9-21;1-21-14-6-12(16)4-2-10(14)3-5-15-17-7-11(8-18-15)13(20)9-19;1-20-14-5-3-2-4-11(14)6-7-15-16-8-12(9-17-15)13(19)10-18;1-11-3-2-4-12(7-11)5-6-15-16-8-13(9-17-15)14(19)10-18;15-11-2-1-3-12(16)10(11)4-5-14-17-6-9(7-18-14)13(20)8-19/h3-5,8-9,19H,6-7,10H2,1-2H3;3-7,9-10,19H,8,11H2,1-2H3;1-4,7-8,21H,5-6,9H2;2,4,6-8,19H,3,5,9H2,1H3;2-5,8-9,18H,6-7,10H2,1H3;2-4,7-9,18H,5-6,10H2,1H3;1-3,6-7,19H,4-5,8H2. The fourth-order valence-electron chi connectivity index (χ4n) is 13.5. The molecule has 0 aliphatic carbocycles. The highest BCUT2D eigenvalue weighted by Crippen LogP contribution is 2.34. The second-order valence-corrected chi connectivity index (χ2v) is 32.8. The number of hydrogen-bond acceptors (Lipinski definition) is 32. The number of aromatic nitrogens is 14. The fraction of sp³-hybridized carbons (Fsp3) is 0.274. The molecule has 7 aromatic carbocycles. The van der Waals surface area contributed by atoms with Gasteiger partial charge in [0.15, 0.2) is 40.5 Å². The zero-order valence-corrected chi connectivity index (χ0v) is 81.4. The number of aryl methyl sites for hydroxylation is 11. The number of ketones is 7. The van der Waals surface area contributed by atoms with E-state index in [2.05, 4.69) is 121 Å². The molecule has 0 unspecified atom stereocenters. The number of aliphatic hydroxyl groups is 7. The summed E-state index contributed by atoms with van der Waals surface area (Å²) in [5.41, 5.74) is 8.97. The quantitative estimate of drug-likeness (QED) is 0.0139. The van der Waals surface area contributed by atoms with Crippen LogP contribution in [0.2, 0.25) is 10.0 Å². The average molecular weight is 2010 g/mol. The van der Waals surface area contributed by atoms with Crippen LogP contribution in [0.15, 0.2) is 244 Å². The predicted molar refractivity (Wildman–Crippen MR) is 526 cm³/mol. The van der Waals surface area contributed by atoms with Crippen LogP contribution in [-0.4, -0.2) is 221 Å². The molecular weight excluding hydrogens is 1900 g/mol. The van der Waals surface area contributed by atoms with E-state index in [0.29, 0.717) is 136 Å². The molecule has 0 fully saturated rings. The van der Waals surface area contributed by atoms with Crippen LogP contribution in [0.1, 0.15) is 177 Å². The number of aliphatic hydroxyl groups excluding tert-OH is 7. The number of ether oxygens (including phenoxy) is 4. The van der Waals surface area contributed by atoms with E-state index in [1.165, 1.54) is 135 Å². The summed E-state index contributed by atoms with van der Waals surface area (Å²) < 4.78 is 72.8. The molecule has 32 nitrogen and oxygen atoms in total. The summed E-state index contributed by atoms with van der Waals surface area (Å²) in [7, 11) is 6.36. The molecule has 7 aromatic heterocycles. The Kier molecular flexibility index (Phi) is 47.4. The minimum atomic E-state index is -4.39. The number of hydrogen-bond donors (Lipinski definition) is 7. The van der Waals surface area contributed by atoms with Crippen molar-refractivity contribution in [3.63, 3.8) is 0 Å². The van der Waals surface area contributed by atoms with Gasteiger partial charge in [-0.05, 0) is 127 Å². The molecule has 0 aliphatic heterocycles. The monoisotopic (exact) mass is 2010 g/mol. The molecule has 7 N–H and O–H groups in total. The van der Waals surface area contributed by atoms with Crippen LogP contribution in [0, 0.1) is 12.7 Å². The molecule has 14 rings (SSSR count). The van der Waals surface area contributed by atoms with Crippen LogP contribution in [0.25, 0.3) is 0 Å². The fourth-order valence-corrected chi connectivity index (χ4v) is 14.1. The lowest BCUT2D eigenvalue weighted by Crippen LogP contribution is -2.22. The lowest BCUT2D eigenvalue weighted by molar-refractivity contribution is -0.138. The maximum absolute atomic E-state index is 13.1. The van der Waals surface area contributed by atoms with Gasteiger partial charge in [0.1, 0.15) is 116 Å². The van der Waals surface area contributed by atoms with Crippen LogP contribution < -0.4 is 18.9 Å². The van der Waals surface area contributed by atoms with E-state index in [1.54, 1.807) is 51.7 Å².